The summed E-state index contributed by atoms with van der Waals surface area (Å²) in [5.74, 6) is 0. The average Bonchev–Trinajstić information content (AvgIpc) is 3.24. The molecule has 3 heterocycles. The van der Waals surface area contributed by atoms with Gasteiger partial charge in [-0.1, -0.05) is 12.1 Å². The fourth-order valence-corrected chi connectivity index (χ4v) is 3.13. The maximum Gasteiger partial charge on any atom is 0.324 e. The molecule has 3 aromatic rings. The van der Waals surface area contributed by atoms with E-state index < -0.39 is 6.03 Å². The minimum Gasteiger partial charge on any atom is -0.372 e. The van der Waals surface area contributed by atoms with Crippen LogP contribution in [0.3, 0.4) is 0 Å². The Morgan fingerprint density at radius 3 is 2.78 bits per heavy atom. The van der Waals surface area contributed by atoms with Crippen LogP contribution in [0.15, 0.2) is 42.7 Å². The van der Waals surface area contributed by atoms with Crippen molar-refractivity contribution in [2.45, 2.75) is 12.8 Å². The van der Waals surface area contributed by atoms with E-state index >= 15 is 0 Å². The van der Waals surface area contributed by atoms with Crippen molar-refractivity contribution >= 4 is 22.8 Å². The zero-order valence-corrected chi connectivity index (χ0v) is 12.7. The van der Waals surface area contributed by atoms with Crippen LogP contribution < -0.4 is 10.6 Å². The number of carbonyl (C=O) groups excluding carboxylic acids is 1. The van der Waals surface area contributed by atoms with Crippen LogP contribution in [-0.2, 0) is 0 Å². The number of primary amides is 1. The number of amides is 1. The Bertz CT molecular complexity index is 878. The van der Waals surface area contributed by atoms with Crippen molar-refractivity contribution in [2.24, 2.45) is 5.73 Å². The monoisotopic (exact) mass is 305 g/mol. The molecule has 0 aliphatic carbocycles. The summed E-state index contributed by atoms with van der Waals surface area (Å²) in [5.41, 5.74) is 9.24. The SMILES string of the molecule is NC(=O)n1c[c]c2cc(-c3cccc(N4CCCC4)c3)cnc21. The lowest BCUT2D eigenvalue weighted by Crippen LogP contribution is -2.18. The van der Waals surface area contributed by atoms with Crippen LogP contribution in [-0.4, -0.2) is 28.7 Å². The topological polar surface area (TPSA) is 64.2 Å². The normalized spacial score (nSPS) is 14.5. The van der Waals surface area contributed by atoms with Crippen molar-refractivity contribution in [3.8, 4) is 11.1 Å². The summed E-state index contributed by atoms with van der Waals surface area (Å²) >= 11 is 0. The van der Waals surface area contributed by atoms with Crippen molar-refractivity contribution in [1.29, 1.82) is 0 Å². The van der Waals surface area contributed by atoms with Crippen LogP contribution in [0, 0.1) is 6.07 Å². The fraction of sp³-hybridized carbons (Fsp3) is 0.222. The third kappa shape index (κ3) is 2.44. The second kappa shape index (κ2) is 5.43. The van der Waals surface area contributed by atoms with Gasteiger partial charge in [-0.3, -0.25) is 4.57 Å². The van der Waals surface area contributed by atoms with E-state index in [1.807, 2.05) is 6.07 Å². The molecule has 1 saturated heterocycles. The summed E-state index contributed by atoms with van der Waals surface area (Å²) < 4.78 is 1.31. The van der Waals surface area contributed by atoms with Crippen LogP contribution in [0.5, 0.6) is 0 Å². The number of hydrogen-bond acceptors (Lipinski definition) is 3. The van der Waals surface area contributed by atoms with E-state index in [0.29, 0.717) is 5.65 Å². The lowest BCUT2D eigenvalue weighted by Gasteiger charge is -2.18. The summed E-state index contributed by atoms with van der Waals surface area (Å²) in [6.45, 7) is 2.24. The van der Waals surface area contributed by atoms with Gasteiger partial charge in [-0.2, -0.15) is 0 Å². The highest BCUT2D eigenvalue weighted by molar-refractivity contribution is 5.90. The molecular formula is C18H17N4O. The van der Waals surface area contributed by atoms with E-state index in [1.54, 1.807) is 6.20 Å². The van der Waals surface area contributed by atoms with Gasteiger partial charge in [0, 0.05) is 48.2 Å². The molecule has 1 aromatic carbocycles. The lowest BCUT2D eigenvalue weighted by atomic mass is 10.1. The van der Waals surface area contributed by atoms with E-state index in [9.17, 15) is 4.79 Å². The number of pyridine rings is 1. The quantitative estimate of drug-likeness (QED) is 0.791. The van der Waals surface area contributed by atoms with Crippen LogP contribution in [0.1, 0.15) is 12.8 Å². The van der Waals surface area contributed by atoms with Crippen molar-refractivity contribution < 1.29 is 4.79 Å². The summed E-state index contributed by atoms with van der Waals surface area (Å²) in [6.07, 6.45) is 5.82. The molecule has 0 bridgehead atoms. The smallest absolute Gasteiger partial charge is 0.324 e. The number of nitrogens with two attached hydrogens (primary N) is 1. The molecule has 4 rings (SSSR count). The third-order valence-electron chi connectivity index (χ3n) is 4.33. The van der Waals surface area contributed by atoms with Crippen molar-refractivity contribution in [3.63, 3.8) is 0 Å². The maximum absolute atomic E-state index is 11.3. The van der Waals surface area contributed by atoms with Gasteiger partial charge in [-0.15, -0.1) is 0 Å². The van der Waals surface area contributed by atoms with E-state index in [2.05, 4.69) is 40.2 Å². The van der Waals surface area contributed by atoms with Gasteiger partial charge in [-0.05, 0) is 36.6 Å². The number of rotatable bonds is 2. The second-order valence-corrected chi connectivity index (χ2v) is 5.82. The van der Waals surface area contributed by atoms with E-state index in [4.69, 9.17) is 5.73 Å². The molecule has 1 amide bonds. The van der Waals surface area contributed by atoms with Gasteiger partial charge in [0.05, 0.1) is 0 Å². The molecule has 0 spiro atoms. The first kappa shape index (κ1) is 13.8. The molecule has 0 atom stereocenters. The molecule has 2 aromatic heterocycles. The number of fused-ring (bicyclic) bond motifs is 1. The molecule has 1 fully saturated rings. The first-order valence-corrected chi connectivity index (χ1v) is 7.76. The minimum absolute atomic E-state index is 0.539. The summed E-state index contributed by atoms with van der Waals surface area (Å²) in [5, 5.41) is 0.785. The standard InChI is InChI=1S/C18H17N4O/c19-18(23)22-9-6-14-10-15(12-20-17(14)22)13-4-3-5-16(11-13)21-7-1-2-8-21/h3-5,9-12H,1-2,7-8H2,(H2,19,23). The molecule has 0 saturated carbocycles. The van der Waals surface area contributed by atoms with Gasteiger partial charge in [0.1, 0.15) is 5.65 Å². The molecule has 1 aliphatic heterocycles. The van der Waals surface area contributed by atoms with E-state index in [-0.39, 0.29) is 0 Å². The number of nitrogens with zero attached hydrogens (tertiary/aromatic N) is 3. The Morgan fingerprint density at radius 2 is 2.00 bits per heavy atom. The van der Waals surface area contributed by atoms with Crippen molar-refractivity contribution in [3.05, 3.63) is 48.8 Å². The Balaban J connectivity index is 1.74. The highest BCUT2D eigenvalue weighted by atomic mass is 16.2. The predicted molar refractivity (Wildman–Crippen MR) is 90.4 cm³/mol. The van der Waals surface area contributed by atoms with Crippen LogP contribution >= 0.6 is 0 Å². The first-order valence-electron chi connectivity index (χ1n) is 7.76. The van der Waals surface area contributed by atoms with Gasteiger partial charge in [0.15, 0.2) is 0 Å². The van der Waals surface area contributed by atoms with Gasteiger partial charge < -0.3 is 10.6 Å². The molecule has 0 unspecified atom stereocenters. The summed E-state index contributed by atoms with van der Waals surface area (Å²) in [4.78, 5) is 18.1. The largest absolute Gasteiger partial charge is 0.372 e. The summed E-state index contributed by atoms with van der Waals surface area (Å²) in [7, 11) is 0. The van der Waals surface area contributed by atoms with Gasteiger partial charge in [0.2, 0.25) is 0 Å². The van der Waals surface area contributed by atoms with Crippen molar-refractivity contribution in [1.82, 2.24) is 9.55 Å². The maximum atomic E-state index is 11.3. The molecule has 23 heavy (non-hydrogen) atoms. The Hall–Kier alpha value is -2.82. The summed E-state index contributed by atoms with van der Waals surface area (Å²) in [6, 6.07) is 13.0. The molecule has 1 aliphatic rings. The first-order chi connectivity index (χ1) is 11.2. The number of benzene rings is 1. The van der Waals surface area contributed by atoms with Gasteiger partial charge in [0.25, 0.3) is 0 Å². The highest BCUT2D eigenvalue weighted by Gasteiger charge is 2.13. The minimum atomic E-state index is -0.549. The van der Waals surface area contributed by atoms with Crippen molar-refractivity contribution in [2.75, 3.05) is 18.0 Å². The number of hydrogen-bond donors (Lipinski definition) is 1. The molecule has 2 N–H and O–H groups in total. The predicted octanol–water partition coefficient (Wildman–Crippen LogP) is 3.03. The third-order valence-corrected chi connectivity index (χ3v) is 4.33. The van der Waals surface area contributed by atoms with E-state index in [0.717, 1.165) is 29.6 Å². The highest BCUT2D eigenvalue weighted by Crippen LogP contribution is 2.28. The second-order valence-electron chi connectivity index (χ2n) is 5.82. The fourth-order valence-electron chi connectivity index (χ4n) is 3.13. The van der Waals surface area contributed by atoms with E-state index in [1.165, 1.54) is 29.3 Å². The average molecular weight is 305 g/mol. The zero-order chi connectivity index (χ0) is 15.8. The molecule has 115 valence electrons. The van der Waals surface area contributed by atoms with Crippen LogP contribution in [0.4, 0.5) is 10.5 Å². The zero-order valence-electron chi connectivity index (χ0n) is 12.7. The van der Waals surface area contributed by atoms with Crippen LogP contribution in [0.2, 0.25) is 0 Å². The number of carbonyl (C=O) groups is 1. The van der Waals surface area contributed by atoms with Gasteiger partial charge in [-0.25, -0.2) is 9.78 Å². The Morgan fingerprint density at radius 1 is 1.17 bits per heavy atom. The molecule has 1 radical (unpaired) electrons. The Kier molecular flexibility index (Phi) is 3.26. The Labute approximate surface area is 134 Å². The number of aromatic nitrogens is 2. The lowest BCUT2D eigenvalue weighted by molar-refractivity contribution is 0.251. The molecule has 5 nitrogen and oxygen atoms in total. The van der Waals surface area contributed by atoms with Crippen LogP contribution in [0.25, 0.3) is 22.2 Å². The van der Waals surface area contributed by atoms with Gasteiger partial charge >= 0.3 is 6.03 Å². The number of anilines is 1. The molecule has 5 heteroatoms. The molecular weight excluding hydrogens is 288 g/mol.